The highest BCUT2D eigenvalue weighted by Gasteiger charge is 2.53. The maximum absolute atomic E-state index is 13.8. The van der Waals surface area contributed by atoms with Gasteiger partial charge in [-0.2, -0.15) is 9.29 Å². The van der Waals surface area contributed by atoms with Gasteiger partial charge < -0.3 is 5.32 Å². The number of anilines is 2. The highest BCUT2D eigenvalue weighted by Crippen LogP contribution is 2.63. The number of benzene rings is 1. The molecule has 11 heteroatoms. The van der Waals surface area contributed by atoms with Crippen molar-refractivity contribution in [3.63, 3.8) is 0 Å². The molecular weight excluding hydrogens is 548 g/mol. The van der Waals surface area contributed by atoms with Crippen molar-refractivity contribution in [1.82, 2.24) is 18.8 Å². The highest BCUT2D eigenvalue weighted by molar-refractivity contribution is 7.89. The SMILES string of the molecule is CC.Cc1cc(S(=O)(=O)N2CCC(C)CC2)ccc1Nc1ncc2cc(C(F)F)c(=O)n(C3CCCC34CC4)c2n1.[HH]. The summed E-state index contributed by atoms with van der Waals surface area (Å²) in [5.41, 5.74) is 0.460. The first-order chi connectivity index (χ1) is 19.6. The number of alkyl halides is 2. The number of piperidine rings is 1. The summed E-state index contributed by atoms with van der Waals surface area (Å²) in [5.74, 6) is 0.737. The van der Waals surface area contributed by atoms with Crippen LogP contribution in [0.4, 0.5) is 20.4 Å². The molecule has 8 nitrogen and oxygen atoms in total. The van der Waals surface area contributed by atoms with Gasteiger partial charge in [0, 0.05) is 37.8 Å². The molecule has 1 N–H and O–H groups in total. The number of aryl methyl sites for hydroxylation is 1. The zero-order valence-electron chi connectivity index (χ0n) is 24.2. The number of hydrogen-bond donors (Lipinski definition) is 1. The van der Waals surface area contributed by atoms with Crippen LogP contribution in [0.15, 0.2) is 40.2 Å². The topological polar surface area (TPSA) is 97.2 Å². The molecule has 3 aromatic rings. The number of hydrogen-bond acceptors (Lipinski definition) is 6. The molecule has 1 unspecified atom stereocenters. The monoisotopic (exact) mass is 589 g/mol. The lowest BCUT2D eigenvalue weighted by Gasteiger charge is -2.29. The molecule has 3 aliphatic rings. The predicted molar refractivity (Wildman–Crippen MR) is 158 cm³/mol. The van der Waals surface area contributed by atoms with Gasteiger partial charge in [-0.1, -0.05) is 27.2 Å². The molecule has 6 rings (SSSR count). The first-order valence-electron chi connectivity index (χ1n) is 14.7. The van der Waals surface area contributed by atoms with Crippen LogP contribution < -0.4 is 10.9 Å². The van der Waals surface area contributed by atoms with Gasteiger partial charge in [-0.3, -0.25) is 9.36 Å². The smallest absolute Gasteiger partial charge is 0.269 e. The molecule has 1 aliphatic heterocycles. The molecule has 1 saturated heterocycles. The summed E-state index contributed by atoms with van der Waals surface area (Å²) in [6.45, 7) is 8.98. The Balaban J connectivity index is 0.00000132. The Hall–Kier alpha value is -2.92. The van der Waals surface area contributed by atoms with E-state index in [1.807, 2.05) is 13.8 Å². The predicted octanol–water partition coefficient (Wildman–Crippen LogP) is 6.98. The second kappa shape index (κ2) is 11.4. The fourth-order valence-corrected chi connectivity index (χ4v) is 7.90. The minimum atomic E-state index is -3.59. The quantitative estimate of drug-likeness (QED) is 0.333. The van der Waals surface area contributed by atoms with E-state index in [0.29, 0.717) is 41.3 Å². The molecule has 2 aromatic heterocycles. The number of pyridine rings is 1. The van der Waals surface area contributed by atoms with Gasteiger partial charge in [0.05, 0.1) is 10.5 Å². The maximum atomic E-state index is 13.8. The largest absolute Gasteiger partial charge is 0.324 e. The van der Waals surface area contributed by atoms with Gasteiger partial charge in [0.1, 0.15) is 5.65 Å². The van der Waals surface area contributed by atoms with Gasteiger partial charge in [-0.05, 0) is 86.6 Å². The van der Waals surface area contributed by atoms with Crippen molar-refractivity contribution in [2.45, 2.75) is 90.0 Å². The van der Waals surface area contributed by atoms with E-state index in [2.05, 4.69) is 22.2 Å². The number of halogens is 2. The third-order valence-electron chi connectivity index (χ3n) is 8.92. The van der Waals surface area contributed by atoms with Crippen molar-refractivity contribution < 1.29 is 18.6 Å². The molecule has 1 spiro atoms. The van der Waals surface area contributed by atoms with Gasteiger partial charge >= 0.3 is 0 Å². The molecule has 2 aliphatic carbocycles. The Bertz CT molecular complexity index is 1600. The summed E-state index contributed by atoms with van der Waals surface area (Å²) < 4.78 is 57.0. The molecule has 41 heavy (non-hydrogen) atoms. The van der Waals surface area contributed by atoms with Gasteiger partial charge in [-0.25, -0.2) is 22.2 Å². The molecule has 2 saturated carbocycles. The van der Waals surface area contributed by atoms with Crippen molar-refractivity contribution >= 4 is 32.7 Å². The first kappa shape index (κ1) is 29.6. The van der Waals surface area contributed by atoms with E-state index in [1.54, 1.807) is 29.4 Å². The lowest BCUT2D eigenvalue weighted by Crippen LogP contribution is -2.37. The van der Waals surface area contributed by atoms with E-state index >= 15 is 0 Å². The van der Waals surface area contributed by atoms with E-state index in [0.717, 1.165) is 44.9 Å². The average molecular weight is 590 g/mol. The molecule has 3 heterocycles. The number of nitrogens with zero attached hydrogens (tertiary/aromatic N) is 4. The fourth-order valence-electron chi connectivity index (χ4n) is 6.35. The number of fused-ring (bicyclic) bond motifs is 1. The van der Waals surface area contributed by atoms with Crippen LogP contribution in [0.2, 0.25) is 0 Å². The molecule has 0 amide bonds. The second-order valence-corrected chi connectivity index (χ2v) is 13.4. The Kier molecular flexibility index (Phi) is 8.22. The average Bonchev–Trinajstić information content (AvgIpc) is 3.62. The van der Waals surface area contributed by atoms with Crippen molar-refractivity contribution in [3.8, 4) is 0 Å². The molecule has 0 bridgehead atoms. The summed E-state index contributed by atoms with van der Waals surface area (Å²) >= 11 is 0. The lowest BCUT2D eigenvalue weighted by atomic mass is 9.99. The zero-order chi connectivity index (χ0) is 29.5. The molecule has 3 fully saturated rings. The van der Waals surface area contributed by atoms with E-state index in [4.69, 9.17) is 0 Å². The van der Waals surface area contributed by atoms with Gasteiger partial charge in [0.15, 0.2) is 0 Å². The minimum Gasteiger partial charge on any atom is -0.324 e. The number of aromatic nitrogens is 3. The molecule has 1 atom stereocenters. The van der Waals surface area contributed by atoms with Gasteiger partial charge in [-0.15, -0.1) is 0 Å². The number of sulfonamides is 1. The van der Waals surface area contributed by atoms with Gasteiger partial charge in [0.25, 0.3) is 12.0 Å². The summed E-state index contributed by atoms with van der Waals surface area (Å²) in [4.78, 5) is 22.5. The van der Waals surface area contributed by atoms with Crippen LogP contribution in [-0.2, 0) is 10.0 Å². The Morgan fingerprint density at radius 3 is 2.44 bits per heavy atom. The molecule has 224 valence electrons. The number of rotatable bonds is 6. The van der Waals surface area contributed by atoms with Crippen molar-refractivity contribution in [2.24, 2.45) is 11.3 Å². The zero-order valence-corrected chi connectivity index (χ0v) is 25.0. The maximum Gasteiger partial charge on any atom is 0.269 e. The summed E-state index contributed by atoms with van der Waals surface area (Å²) in [7, 11) is -3.59. The van der Waals surface area contributed by atoms with Crippen LogP contribution in [0.1, 0.15) is 90.7 Å². The molecular formula is C30H41F2N5O3S. The Morgan fingerprint density at radius 2 is 1.80 bits per heavy atom. The normalized spacial score (nSPS) is 20.8. The summed E-state index contributed by atoms with van der Waals surface area (Å²) in [5, 5.41) is 3.54. The van der Waals surface area contributed by atoms with E-state index < -0.39 is 27.6 Å². The van der Waals surface area contributed by atoms with Crippen molar-refractivity contribution in [3.05, 3.63) is 51.9 Å². The van der Waals surface area contributed by atoms with Crippen molar-refractivity contribution in [2.75, 3.05) is 18.4 Å². The minimum absolute atomic E-state index is 0. The van der Waals surface area contributed by atoms with Crippen LogP contribution in [0.3, 0.4) is 0 Å². The van der Waals surface area contributed by atoms with Gasteiger partial charge in [0.2, 0.25) is 16.0 Å². The third-order valence-corrected chi connectivity index (χ3v) is 10.8. The van der Waals surface area contributed by atoms with Crippen molar-refractivity contribution in [1.29, 1.82) is 0 Å². The Labute approximate surface area is 241 Å². The lowest BCUT2D eigenvalue weighted by molar-refractivity contribution is 0.148. The first-order valence-corrected chi connectivity index (χ1v) is 16.1. The molecule has 0 radical (unpaired) electrons. The third kappa shape index (κ3) is 5.50. The van der Waals surface area contributed by atoms with Crippen LogP contribution >= 0.6 is 0 Å². The summed E-state index contributed by atoms with van der Waals surface area (Å²) in [6, 6.07) is 5.94. The van der Waals surface area contributed by atoms with Crippen LogP contribution in [-0.4, -0.2) is 40.3 Å². The second-order valence-electron chi connectivity index (χ2n) is 11.5. The fraction of sp³-hybridized carbons (Fsp3) is 0.567. The highest BCUT2D eigenvalue weighted by atomic mass is 32.2. The molecule has 1 aromatic carbocycles. The standard InChI is InChI=1S/C28H33F2N5O3S.C2H6.H2/c1-17-7-12-34(13-8-17)39(37,38)20-5-6-22(18(2)14-20)32-27-31-16-19-15-21(24(29)30)26(36)35(25(19)33-27)23-4-3-9-28(23)10-11-28;1-2;/h5-6,14-17,23-24H,3-4,7-13H2,1-2H3,(H,31,32,33);1-2H3;1H. The van der Waals surface area contributed by atoms with E-state index in [1.165, 1.54) is 16.8 Å². The summed E-state index contributed by atoms with van der Waals surface area (Å²) in [6.07, 6.45) is 4.98. The van der Waals surface area contributed by atoms with Crippen LogP contribution in [0, 0.1) is 18.3 Å². The van der Waals surface area contributed by atoms with Crippen LogP contribution in [0.25, 0.3) is 11.0 Å². The van der Waals surface area contributed by atoms with E-state index in [-0.39, 0.29) is 23.7 Å². The Morgan fingerprint density at radius 1 is 1.10 bits per heavy atom. The van der Waals surface area contributed by atoms with Crippen LogP contribution in [0.5, 0.6) is 0 Å². The van der Waals surface area contributed by atoms with E-state index in [9.17, 15) is 22.0 Å². The number of nitrogens with one attached hydrogen (secondary N) is 1.